The largest absolute Gasteiger partial charge is 0.240 e. The molecule has 4 aromatic rings. The lowest BCUT2D eigenvalue weighted by Crippen LogP contribution is -1.82. The number of thioether (sulfide) groups is 1. The maximum Gasteiger partial charge on any atom is 0.151 e. The van der Waals surface area contributed by atoms with Crippen LogP contribution in [-0.4, -0.2) is 9.97 Å². The summed E-state index contributed by atoms with van der Waals surface area (Å²) in [7, 11) is 0. The average Bonchev–Trinajstić information content (AvgIpc) is 3.20. The van der Waals surface area contributed by atoms with Gasteiger partial charge in [0.25, 0.3) is 0 Å². The van der Waals surface area contributed by atoms with Crippen molar-refractivity contribution in [2.24, 2.45) is 0 Å². The molecule has 4 rings (SSSR count). The fourth-order valence-electron chi connectivity index (χ4n) is 2.25. The second kappa shape index (κ2) is 6.43. The number of hydrogen-bond donors (Lipinski definition) is 0. The lowest BCUT2D eigenvalue weighted by atomic mass is 10.2. The van der Waals surface area contributed by atoms with Crippen molar-refractivity contribution in [1.82, 2.24) is 9.97 Å². The summed E-state index contributed by atoms with van der Waals surface area (Å²) in [6.45, 7) is 2.10. The van der Waals surface area contributed by atoms with Gasteiger partial charge in [0, 0.05) is 16.7 Å². The van der Waals surface area contributed by atoms with E-state index in [1.807, 2.05) is 6.07 Å². The van der Waals surface area contributed by atoms with E-state index in [0.29, 0.717) is 0 Å². The molecule has 0 aliphatic carbocycles. The summed E-state index contributed by atoms with van der Waals surface area (Å²) in [5.41, 5.74) is 4.67. The van der Waals surface area contributed by atoms with E-state index in [1.54, 1.807) is 34.4 Å². The summed E-state index contributed by atoms with van der Waals surface area (Å²) in [4.78, 5) is 9.41. The van der Waals surface area contributed by atoms with Gasteiger partial charge in [-0.05, 0) is 19.1 Å². The zero-order valence-corrected chi connectivity index (χ0v) is 15.0. The van der Waals surface area contributed by atoms with Crippen LogP contribution < -0.4 is 0 Å². The van der Waals surface area contributed by atoms with Gasteiger partial charge in [0.2, 0.25) is 0 Å². The van der Waals surface area contributed by atoms with Crippen LogP contribution in [0.25, 0.3) is 20.8 Å². The maximum atomic E-state index is 4.75. The molecular weight excluding hydrogens is 340 g/mol. The molecule has 0 N–H and O–H groups in total. The zero-order valence-electron chi connectivity index (χ0n) is 12.5. The summed E-state index contributed by atoms with van der Waals surface area (Å²) < 4.78 is 2.35. The minimum atomic E-state index is 0.863. The minimum Gasteiger partial charge on any atom is -0.240 e. The van der Waals surface area contributed by atoms with Crippen LogP contribution in [0.3, 0.4) is 0 Å². The third kappa shape index (κ3) is 3.32. The number of hydrogen-bond acceptors (Lipinski definition) is 5. The number of aromatic nitrogens is 2. The van der Waals surface area contributed by atoms with Crippen LogP contribution >= 0.6 is 34.4 Å². The normalized spacial score (nSPS) is 11.2. The first kappa shape index (κ1) is 14.9. The number of para-hydroxylation sites is 1. The fourth-order valence-corrected chi connectivity index (χ4v) is 5.14. The van der Waals surface area contributed by atoms with Crippen LogP contribution in [0.4, 0.5) is 0 Å². The molecule has 2 aromatic carbocycles. The highest BCUT2D eigenvalue weighted by molar-refractivity contribution is 8.00. The smallest absolute Gasteiger partial charge is 0.151 e. The Morgan fingerprint density at radius 3 is 2.65 bits per heavy atom. The molecule has 0 radical (unpaired) electrons. The van der Waals surface area contributed by atoms with Gasteiger partial charge in [-0.1, -0.05) is 53.7 Å². The summed E-state index contributed by atoms with van der Waals surface area (Å²) >= 11 is 5.22. The van der Waals surface area contributed by atoms with Crippen molar-refractivity contribution < 1.29 is 0 Å². The maximum absolute atomic E-state index is 4.75. The standard InChI is InChI=1S/C18H14N2S3/c1-12-6-8-13(9-7-12)17-19-14(10-21-17)11-22-18-20-15-4-2-3-5-16(15)23-18/h2-10H,11H2,1H3. The van der Waals surface area contributed by atoms with Crippen molar-refractivity contribution in [3.63, 3.8) is 0 Å². The Morgan fingerprint density at radius 1 is 1.00 bits per heavy atom. The molecule has 0 bridgehead atoms. The molecule has 2 nitrogen and oxygen atoms in total. The first-order valence-corrected chi connectivity index (χ1v) is 9.96. The predicted octanol–water partition coefficient (Wildman–Crippen LogP) is 6.02. The number of nitrogens with zero attached hydrogens (tertiary/aromatic N) is 2. The second-order valence-corrected chi connectivity index (χ2v) is 8.36. The van der Waals surface area contributed by atoms with Crippen molar-refractivity contribution in [3.05, 3.63) is 65.2 Å². The third-order valence-corrected chi connectivity index (χ3v) is 6.62. The van der Waals surface area contributed by atoms with Crippen LogP contribution in [0.15, 0.2) is 58.3 Å². The predicted molar refractivity (Wildman–Crippen MR) is 101 cm³/mol. The number of aryl methyl sites for hydroxylation is 1. The summed E-state index contributed by atoms with van der Waals surface area (Å²) in [5.74, 6) is 0.863. The van der Waals surface area contributed by atoms with Gasteiger partial charge >= 0.3 is 0 Å². The Morgan fingerprint density at radius 2 is 1.83 bits per heavy atom. The molecule has 0 fully saturated rings. The van der Waals surface area contributed by atoms with Crippen LogP contribution in [-0.2, 0) is 5.75 Å². The van der Waals surface area contributed by atoms with E-state index in [9.17, 15) is 0 Å². The van der Waals surface area contributed by atoms with E-state index in [-0.39, 0.29) is 0 Å². The molecule has 2 aromatic heterocycles. The van der Waals surface area contributed by atoms with Crippen LogP contribution in [0.5, 0.6) is 0 Å². The molecule has 5 heteroatoms. The first-order valence-electron chi connectivity index (χ1n) is 7.28. The van der Waals surface area contributed by atoms with Gasteiger partial charge in [-0.15, -0.1) is 22.7 Å². The number of rotatable bonds is 4. The summed E-state index contributed by atoms with van der Waals surface area (Å²) in [6, 6.07) is 16.8. The number of fused-ring (bicyclic) bond motifs is 1. The van der Waals surface area contributed by atoms with E-state index >= 15 is 0 Å². The molecule has 0 saturated heterocycles. The van der Waals surface area contributed by atoms with Gasteiger partial charge < -0.3 is 0 Å². The quantitative estimate of drug-likeness (QED) is 0.419. The van der Waals surface area contributed by atoms with Gasteiger partial charge in [-0.25, -0.2) is 9.97 Å². The van der Waals surface area contributed by atoms with Crippen molar-refractivity contribution in [1.29, 1.82) is 0 Å². The fraction of sp³-hybridized carbons (Fsp3) is 0.111. The Bertz CT molecular complexity index is 905. The lowest BCUT2D eigenvalue weighted by Gasteiger charge is -1.97. The SMILES string of the molecule is Cc1ccc(-c2nc(CSc3nc4ccccc4s3)cs2)cc1. The van der Waals surface area contributed by atoms with E-state index < -0.39 is 0 Å². The van der Waals surface area contributed by atoms with Gasteiger partial charge in [0.1, 0.15) is 5.01 Å². The van der Waals surface area contributed by atoms with Gasteiger partial charge in [-0.2, -0.15) is 0 Å². The first-order chi connectivity index (χ1) is 11.3. The highest BCUT2D eigenvalue weighted by atomic mass is 32.2. The van der Waals surface area contributed by atoms with Crippen LogP contribution in [0, 0.1) is 6.92 Å². The Balaban J connectivity index is 1.48. The highest BCUT2D eigenvalue weighted by Gasteiger charge is 2.08. The monoisotopic (exact) mass is 354 g/mol. The molecule has 0 spiro atoms. The van der Waals surface area contributed by atoms with E-state index in [0.717, 1.165) is 26.3 Å². The van der Waals surface area contributed by atoms with Gasteiger partial charge in [-0.3, -0.25) is 0 Å². The van der Waals surface area contributed by atoms with Crippen LogP contribution in [0.1, 0.15) is 11.3 Å². The number of benzene rings is 2. The van der Waals surface area contributed by atoms with E-state index in [1.165, 1.54) is 15.8 Å². The van der Waals surface area contributed by atoms with Crippen molar-refractivity contribution in [3.8, 4) is 10.6 Å². The Kier molecular flexibility index (Phi) is 4.16. The van der Waals surface area contributed by atoms with E-state index in [2.05, 4.69) is 59.8 Å². The Hall–Kier alpha value is -1.69. The molecule has 0 amide bonds. The molecule has 0 unspecified atom stereocenters. The molecule has 2 heterocycles. The van der Waals surface area contributed by atoms with Crippen LogP contribution in [0.2, 0.25) is 0 Å². The average molecular weight is 355 g/mol. The zero-order chi connectivity index (χ0) is 15.6. The van der Waals surface area contributed by atoms with Gasteiger partial charge in [0.15, 0.2) is 4.34 Å². The summed E-state index contributed by atoms with van der Waals surface area (Å²) in [5, 5.41) is 3.24. The van der Waals surface area contributed by atoms with Gasteiger partial charge in [0.05, 0.1) is 15.9 Å². The molecule has 23 heavy (non-hydrogen) atoms. The highest BCUT2D eigenvalue weighted by Crippen LogP contribution is 2.32. The third-order valence-electron chi connectivity index (χ3n) is 3.47. The van der Waals surface area contributed by atoms with Crippen molar-refractivity contribution in [2.75, 3.05) is 0 Å². The van der Waals surface area contributed by atoms with Crippen molar-refractivity contribution >= 4 is 44.7 Å². The van der Waals surface area contributed by atoms with E-state index in [4.69, 9.17) is 4.98 Å². The molecule has 114 valence electrons. The molecule has 0 atom stereocenters. The molecular formula is C18H14N2S3. The number of thiazole rings is 2. The molecule has 0 aliphatic heterocycles. The van der Waals surface area contributed by atoms with Crippen molar-refractivity contribution in [2.45, 2.75) is 17.0 Å². The Labute approximate surface area is 147 Å². The molecule has 0 saturated carbocycles. The summed E-state index contributed by atoms with van der Waals surface area (Å²) in [6.07, 6.45) is 0. The molecule has 0 aliphatic rings. The minimum absolute atomic E-state index is 0.863. The second-order valence-electron chi connectivity index (χ2n) is 5.25. The topological polar surface area (TPSA) is 25.8 Å². The lowest BCUT2D eigenvalue weighted by molar-refractivity contribution is 1.22.